The molecule has 2 aliphatic rings. The molecule has 2 N–H and O–H groups in total. The van der Waals surface area contributed by atoms with Crippen molar-refractivity contribution < 1.29 is 9.59 Å². The first-order valence-corrected chi connectivity index (χ1v) is 7.36. The summed E-state index contributed by atoms with van der Waals surface area (Å²) in [6.45, 7) is 2.14. The van der Waals surface area contributed by atoms with Gasteiger partial charge in [-0.1, -0.05) is 6.42 Å². The molecular weight excluding hydrogens is 278 g/mol. The molecule has 0 aromatic rings. The Morgan fingerprint density at radius 3 is 2.75 bits per heavy atom. The number of hydrogen-bond donors (Lipinski definition) is 1. The largest absolute Gasteiger partial charge is 0.344 e. The Morgan fingerprint density at radius 1 is 1.40 bits per heavy atom. The van der Waals surface area contributed by atoms with Crippen molar-refractivity contribution in [1.29, 1.82) is 0 Å². The first kappa shape index (κ1) is 17.2. The molecule has 5 nitrogen and oxygen atoms in total. The van der Waals surface area contributed by atoms with E-state index in [4.69, 9.17) is 5.73 Å². The molecule has 0 aromatic heterocycles. The predicted octanol–water partition coefficient (Wildman–Crippen LogP) is 1.01. The number of likely N-dealkylation sites (N-methyl/N-ethyl adjacent to an activating group) is 1. The van der Waals surface area contributed by atoms with E-state index in [-0.39, 0.29) is 36.2 Å². The summed E-state index contributed by atoms with van der Waals surface area (Å²) in [4.78, 5) is 27.4. The maximum absolute atomic E-state index is 12.3. The average molecular weight is 304 g/mol. The van der Waals surface area contributed by atoms with Crippen molar-refractivity contribution in [3.63, 3.8) is 0 Å². The van der Waals surface area contributed by atoms with Gasteiger partial charge in [-0.25, -0.2) is 0 Å². The highest BCUT2D eigenvalue weighted by Gasteiger charge is 2.28. The van der Waals surface area contributed by atoms with Gasteiger partial charge in [0.15, 0.2) is 0 Å². The van der Waals surface area contributed by atoms with Crippen molar-refractivity contribution in [2.45, 2.75) is 44.6 Å². The van der Waals surface area contributed by atoms with Crippen molar-refractivity contribution in [3.8, 4) is 0 Å². The highest BCUT2D eigenvalue weighted by molar-refractivity contribution is 5.85. The molecule has 0 aromatic carbocycles. The van der Waals surface area contributed by atoms with Gasteiger partial charge in [0.05, 0.1) is 0 Å². The second kappa shape index (κ2) is 7.84. The van der Waals surface area contributed by atoms with Gasteiger partial charge in [0.2, 0.25) is 11.8 Å². The van der Waals surface area contributed by atoms with Crippen LogP contribution in [0.25, 0.3) is 0 Å². The van der Waals surface area contributed by atoms with Crippen LogP contribution in [0.2, 0.25) is 0 Å². The fourth-order valence-corrected chi connectivity index (χ4v) is 3.08. The molecular formula is C14H26ClN3O2. The molecule has 6 heteroatoms. The molecule has 2 amide bonds. The number of carbonyl (C=O) groups excluding carboxylic acids is 2. The van der Waals surface area contributed by atoms with Gasteiger partial charge in [0, 0.05) is 45.1 Å². The normalized spacial score (nSPS) is 26.3. The topological polar surface area (TPSA) is 66.6 Å². The number of hydrogen-bond acceptors (Lipinski definition) is 3. The summed E-state index contributed by atoms with van der Waals surface area (Å²) in [6.07, 6.45) is 5.47. The first-order chi connectivity index (χ1) is 9.08. The predicted molar refractivity (Wildman–Crippen MR) is 80.6 cm³/mol. The molecule has 2 rings (SSSR count). The second-order valence-electron chi connectivity index (χ2n) is 5.87. The third-order valence-corrected chi connectivity index (χ3v) is 4.32. The molecule has 2 atom stereocenters. The van der Waals surface area contributed by atoms with E-state index < -0.39 is 0 Å². The molecule has 2 fully saturated rings. The fourth-order valence-electron chi connectivity index (χ4n) is 3.08. The zero-order chi connectivity index (χ0) is 13.8. The van der Waals surface area contributed by atoms with Crippen LogP contribution in [0.5, 0.6) is 0 Å². The number of halogens is 1. The minimum absolute atomic E-state index is 0. The van der Waals surface area contributed by atoms with E-state index in [1.165, 1.54) is 0 Å². The summed E-state index contributed by atoms with van der Waals surface area (Å²) in [5, 5.41) is 0. The molecule has 2 unspecified atom stereocenters. The summed E-state index contributed by atoms with van der Waals surface area (Å²) in [7, 11) is 1.84. The molecule has 20 heavy (non-hydrogen) atoms. The van der Waals surface area contributed by atoms with E-state index in [9.17, 15) is 9.59 Å². The van der Waals surface area contributed by atoms with Crippen LogP contribution >= 0.6 is 12.4 Å². The maximum Gasteiger partial charge on any atom is 0.225 e. The van der Waals surface area contributed by atoms with Gasteiger partial charge in [-0.2, -0.15) is 0 Å². The van der Waals surface area contributed by atoms with Crippen molar-refractivity contribution in [1.82, 2.24) is 9.80 Å². The Kier molecular flexibility index (Phi) is 6.76. The molecule has 116 valence electrons. The zero-order valence-corrected chi connectivity index (χ0v) is 13.0. The lowest BCUT2D eigenvalue weighted by Crippen LogP contribution is -2.42. The Balaban J connectivity index is 0.00000200. The van der Waals surface area contributed by atoms with Gasteiger partial charge in [0.1, 0.15) is 0 Å². The van der Waals surface area contributed by atoms with Crippen LogP contribution in [0.1, 0.15) is 38.5 Å². The third-order valence-electron chi connectivity index (χ3n) is 4.32. The molecule has 1 aliphatic heterocycles. The Morgan fingerprint density at radius 2 is 2.15 bits per heavy atom. The quantitative estimate of drug-likeness (QED) is 0.843. The summed E-state index contributed by atoms with van der Waals surface area (Å²) in [5.74, 6) is 0.505. The number of carbonyl (C=O) groups is 2. The lowest BCUT2D eigenvalue weighted by atomic mass is 9.85. The van der Waals surface area contributed by atoms with Crippen LogP contribution in [0.3, 0.4) is 0 Å². The number of amides is 2. The van der Waals surface area contributed by atoms with E-state index in [2.05, 4.69) is 0 Å². The van der Waals surface area contributed by atoms with Crippen LogP contribution in [0.4, 0.5) is 0 Å². The third kappa shape index (κ3) is 4.35. The van der Waals surface area contributed by atoms with E-state index in [0.29, 0.717) is 19.5 Å². The monoisotopic (exact) mass is 303 g/mol. The van der Waals surface area contributed by atoms with Crippen LogP contribution in [-0.4, -0.2) is 54.3 Å². The van der Waals surface area contributed by atoms with E-state index in [0.717, 1.165) is 38.6 Å². The molecule has 1 saturated heterocycles. The Hall–Kier alpha value is -0.810. The van der Waals surface area contributed by atoms with E-state index >= 15 is 0 Å². The summed E-state index contributed by atoms with van der Waals surface area (Å²) >= 11 is 0. The van der Waals surface area contributed by atoms with Gasteiger partial charge in [-0.15, -0.1) is 12.4 Å². The Bertz CT molecular complexity index is 351. The minimum atomic E-state index is 0. The standard InChI is InChI=1S/C14H25N3O2.ClH/c1-16(8-9-17-7-3-6-13(17)18)14(19)11-4-2-5-12(15)10-11;/h11-12H,2-10,15H2,1H3;1H. The van der Waals surface area contributed by atoms with E-state index in [1.807, 2.05) is 11.9 Å². The average Bonchev–Trinajstić information content (AvgIpc) is 2.80. The molecule has 0 spiro atoms. The first-order valence-electron chi connectivity index (χ1n) is 7.36. The van der Waals surface area contributed by atoms with Crippen LogP contribution in [0, 0.1) is 5.92 Å². The highest BCUT2D eigenvalue weighted by Crippen LogP contribution is 2.24. The molecule has 1 saturated carbocycles. The van der Waals surface area contributed by atoms with Crippen molar-refractivity contribution >= 4 is 24.2 Å². The van der Waals surface area contributed by atoms with Crippen molar-refractivity contribution in [2.24, 2.45) is 11.7 Å². The lowest BCUT2D eigenvalue weighted by Gasteiger charge is -2.30. The second-order valence-corrected chi connectivity index (χ2v) is 5.87. The van der Waals surface area contributed by atoms with E-state index in [1.54, 1.807) is 4.90 Å². The summed E-state index contributed by atoms with van der Waals surface area (Å²) in [6, 6.07) is 0.177. The molecule has 0 bridgehead atoms. The van der Waals surface area contributed by atoms with Crippen LogP contribution in [-0.2, 0) is 9.59 Å². The van der Waals surface area contributed by atoms with Crippen LogP contribution in [0.15, 0.2) is 0 Å². The van der Waals surface area contributed by atoms with Gasteiger partial charge in [-0.3, -0.25) is 9.59 Å². The molecule has 1 heterocycles. The lowest BCUT2D eigenvalue weighted by molar-refractivity contribution is -0.136. The number of nitrogens with zero attached hydrogens (tertiary/aromatic N) is 2. The number of nitrogens with two attached hydrogens (primary N) is 1. The Labute approximate surface area is 127 Å². The smallest absolute Gasteiger partial charge is 0.225 e. The van der Waals surface area contributed by atoms with Crippen molar-refractivity contribution in [3.05, 3.63) is 0 Å². The van der Waals surface area contributed by atoms with Gasteiger partial charge in [-0.05, 0) is 25.7 Å². The van der Waals surface area contributed by atoms with Gasteiger partial charge < -0.3 is 15.5 Å². The number of rotatable bonds is 4. The molecule has 0 radical (unpaired) electrons. The van der Waals surface area contributed by atoms with Gasteiger partial charge in [0.25, 0.3) is 0 Å². The highest BCUT2D eigenvalue weighted by atomic mass is 35.5. The summed E-state index contributed by atoms with van der Waals surface area (Å²) < 4.78 is 0. The number of likely N-dealkylation sites (tertiary alicyclic amines) is 1. The molecule has 1 aliphatic carbocycles. The summed E-state index contributed by atoms with van der Waals surface area (Å²) in [5.41, 5.74) is 5.93. The van der Waals surface area contributed by atoms with Gasteiger partial charge >= 0.3 is 0 Å². The van der Waals surface area contributed by atoms with Crippen molar-refractivity contribution in [2.75, 3.05) is 26.7 Å². The zero-order valence-electron chi connectivity index (χ0n) is 12.2. The maximum atomic E-state index is 12.3. The minimum Gasteiger partial charge on any atom is -0.344 e. The fraction of sp³-hybridized carbons (Fsp3) is 0.857. The van der Waals surface area contributed by atoms with Crippen LogP contribution < -0.4 is 5.73 Å². The SMILES string of the molecule is CN(CCN1CCCC1=O)C(=O)C1CCCC(N)C1.Cl.